The van der Waals surface area contributed by atoms with E-state index in [0.717, 1.165) is 6.26 Å². The monoisotopic (exact) mass is 292 g/mol. The molecule has 2 aromatic carbocycles. The summed E-state index contributed by atoms with van der Waals surface area (Å²) in [4.78, 5) is 11.4. The fraction of sp³-hybridized carbons (Fsp3) is 0.0714. The van der Waals surface area contributed by atoms with Gasteiger partial charge in [0.25, 0.3) is 0 Å². The second kappa shape index (κ2) is 5.34. The molecule has 0 aliphatic rings. The number of hydrogen-bond donors (Lipinski definition) is 1. The normalized spacial score (nSPS) is 11.1. The van der Waals surface area contributed by atoms with Crippen LogP contribution in [0.15, 0.2) is 48.5 Å². The van der Waals surface area contributed by atoms with E-state index in [4.69, 9.17) is 4.18 Å². The highest BCUT2D eigenvalue weighted by atomic mass is 32.2. The molecule has 0 atom stereocenters. The molecule has 0 aliphatic carbocycles. The van der Waals surface area contributed by atoms with Gasteiger partial charge in [-0.15, -0.1) is 0 Å². The first-order chi connectivity index (χ1) is 9.38. The maximum Gasteiger partial charge on any atom is 0.340 e. The van der Waals surface area contributed by atoms with E-state index in [1.165, 1.54) is 6.07 Å². The Kier molecular flexibility index (Phi) is 3.76. The van der Waals surface area contributed by atoms with Crippen LogP contribution in [-0.4, -0.2) is 25.7 Å². The van der Waals surface area contributed by atoms with E-state index >= 15 is 0 Å². The maximum absolute atomic E-state index is 11.4. The predicted octanol–water partition coefficient (Wildman–Crippen LogP) is 2.39. The third-order valence-corrected chi connectivity index (χ3v) is 3.05. The molecular formula is C14H12O5S. The van der Waals surface area contributed by atoms with Crippen molar-refractivity contribution in [2.75, 3.05) is 6.26 Å². The Morgan fingerprint density at radius 2 is 1.70 bits per heavy atom. The second-order valence-electron chi connectivity index (χ2n) is 4.14. The molecule has 0 radical (unpaired) electrons. The Labute approximate surface area is 116 Å². The van der Waals surface area contributed by atoms with Crippen LogP contribution < -0.4 is 4.18 Å². The van der Waals surface area contributed by atoms with E-state index in [1.807, 2.05) is 0 Å². The first-order valence-electron chi connectivity index (χ1n) is 5.69. The van der Waals surface area contributed by atoms with Gasteiger partial charge < -0.3 is 9.29 Å². The Balaban J connectivity index is 2.65. The number of aromatic carboxylic acids is 1. The van der Waals surface area contributed by atoms with Crippen molar-refractivity contribution in [1.82, 2.24) is 0 Å². The van der Waals surface area contributed by atoms with Gasteiger partial charge in [0.1, 0.15) is 5.56 Å². The number of rotatable bonds is 4. The molecule has 104 valence electrons. The average molecular weight is 292 g/mol. The van der Waals surface area contributed by atoms with E-state index in [2.05, 4.69) is 0 Å². The zero-order valence-corrected chi connectivity index (χ0v) is 11.4. The number of hydrogen-bond acceptors (Lipinski definition) is 4. The van der Waals surface area contributed by atoms with Gasteiger partial charge in [0, 0.05) is 5.56 Å². The largest absolute Gasteiger partial charge is 0.478 e. The van der Waals surface area contributed by atoms with Gasteiger partial charge in [-0.3, -0.25) is 0 Å². The van der Waals surface area contributed by atoms with Crippen LogP contribution >= 0.6 is 0 Å². The van der Waals surface area contributed by atoms with E-state index in [1.54, 1.807) is 42.5 Å². The SMILES string of the molecule is CS(=O)(=O)Oc1cccc(-c2ccccc2)c1C(=O)O. The second-order valence-corrected chi connectivity index (χ2v) is 5.71. The highest BCUT2D eigenvalue weighted by Crippen LogP contribution is 2.31. The smallest absolute Gasteiger partial charge is 0.340 e. The van der Waals surface area contributed by atoms with E-state index in [0.29, 0.717) is 11.1 Å². The van der Waals surface area contributed by atoms with Gasteiger partial charge in [-0.05, 0) is 11.6 Å². The molecule has 2 aromatic rings. The quantitative estimate of drug-likeness (QED) is 0.875. The highest BCUT2D eigenvalue weighted by Gasteiger charge is 2.20. The van der Waals surface area contributed by atoms with Gasteiger partial charge in [0.2, 0.25) is 0 Å². The summed E-state index contributed by atoms with van der Waals surface area (Å²) in [5.74, 6) is -1.44. The summed E-state index contributed by atoms with van der Waals surface area (Å²) in [5, 5.41) is 9.33. The minimum atomic E-state index is -3.80. The molecule has 0 aromatic heterocycles. The summed E-state index contributed by atoms with van der Waals surface area (Å²) >= 11 is 0. The maximum atomic E-state index is 11.4. The molecule has 5 nitrogen and oxygen atoms in total. The van der Waals surface area contributed by atoms with Gasteiger partial charge in [-0.2, -0.15) is 8.42 Å². The number of carbonyl (C=O) groups is 1. The van der Waals surface area contributed by atoms with Crippen LogP contribution in [-0.2, 0) is 10.1 Å². The summed E-state index contributed by atoms with van der Waals surface area (Å²) in [5.41, 5.74) is 0.896. The Morgan fingerprint density at radius 3 is 2.25 bits per heavy atom. The summed E-state index contributed by atoms with van der Waals surface area (Å²) in [6.45, 7) is 0. The lowest BCUT2D eigenvalue weighted by Crippen LogP contribution is -2.10. The van der Waals surface area contributed by atoms with Crippen LogP contribution in [0, 0.1) is 0 Å². The Hall–Kier alpha value is -2.34. The number of carboxylic acid groups (broad SMARTS) is 1. The third kappa shape index (κ3) is 3.16. The van der Waals surface area contributed by atoms with Gasteiger partial charge in [-0.25, -0.2) is 4.79 Å². The van der Waals surface area contributed by atoms with Gasteiger partial charge in [-0.1, -0.05) is 42.5 Å². The first kappa shape index (κ1) is 14.1. The predicted molar refractivity (Wildman–Crippen MR) is 74.3 cm³/mol. The fourth-order valence-electron chi connectivity index (χ4n) is 1.84. The lowest BCUT2D eigenvalue weighted by Gasteiger charge is -2.11. The van der Waals surface area contributed by atoms with Crippen LogP contribution in [0.4, 0.5) is 0 Å². The summed E-state index contributed by atoms with van der Waals surface area (Å²) in [6.07, 6.45) is 0.869. The van der Waals surface area contributed by atoms with Crippen LogP contribution in [0.2, 0.25) is 0 Å². The molecule has 0 heterocycles. The Morgan fingerprint density at radius 1 is 1.05 bits per heavy atom. The molecular weight excluding hydrogens is 280 g/mol. The van der Waals surface area contributed by atoms with Crippen molar-refractivity contribution in [3.8, 4) is 16.9 Å². The van der Waals surface area contributed by atoms with Crippen LogP contribution in [0.1, 0.15) is 10.4 Å². The number of benzene rings is 2. The highest BCUT2D eigenvalue weighted by molar-refractivity contribution is 7.86. The Bertz CT molecular complexity index is 735. The number of carboxylic acids is 1. The third-order valence-electron chi connectivity index (χ3n) is 2.57. The molecule has 0 saturated carbocycles. The summed E-state index contributed by atoms with van der Waals surface area (Å²) in [6, 6.07) is 13.3. The van der Waals surface area contributed by atoms with Crippen LogP contribution in [0.25, 0.3) is 11.1 Å². The van der Waals surface area contributed by atoms with Crippen molar-refractivity contribution >= 4 is 16.1 Å². The first-order valence-corrected chi connectivity index (χ1v) is 7.51. The zero-order chi connectivity index (χ0) is 14.8. The fourth-order valence-corrected chi connectivity index (χ4v) is 2.31. The van der Waals surface area contributed by atoms with Crippen molar-refractivity contribution in [3.63, 3.8) is 0 Å². The minimum Gasteiger partial charge on any atom is -0.478 e. The lowest BCUT2D eigenvalue weighted by atomic mass is 9.99. The molecule has 0 amide bonds. The molecule has 0 fully saturated rings. The van der Waals surface area contributed by atoms with Gasteiger partial charge in [0.15, 0.2) is 5.75 Å². The van der Waals surface area contributed by atoms with E-state index in [-0.39, 0.29) is 11.3 Å². The van der Waals surface area contributed by atoms with Crippen LogP contribution in [0.5, 0.6) is 5.75 Å². The molecule has 0 aliphatic heterocycles. The minimum absolute atomic E-state index is 0.177. The van der Waals surface area contributed by atoms with Crippen molar-refractivity contribution < 1.29 is 22.5 Å². The molecule has 0 unspecified atom stereocenters. The zero-order valence-electron chi connectivity index (χ0n) is 10.6. The van der Waals surface area contributed by atoms with Crippen molar-refractivity contribution in [1.29, 1.82) is 0 Å². The standard InChI is InChI=1S/C14H12O5S/c1-20(17,18)19-12-9-5-8-11(13(12)14(15)16)10-6-3-2-4-7-10/h2-9H,1H3,(H,15,16). The van der Waals surface area contributed by atoms with Gasteiger partial charge >= 0.3 is 16.1 Å². The molecule has 0 bridgehead atoms. The topological polar surface area (TPSA) is 80.7 Å². The molecule has 0 spiro atoms. The molecule has 20 heavy (non-hydrogen) atoms. The van der Waals surface area contributed by atoms with Gasteiger partial charge in [0.05, 0.1) is 6.26 Å². The summed E-state index contributed by atoms with van der Waals surface area (Å²) < 4.78 is 27.2. The van der Waals surface area contributed by atoms with E-state index < -0.39 is 16.1 Å². The summed E-state index contributed by atoms with van der Waals surface area (Å²) in [7, 11) is -3.80. The molecule has 2 rings (SSSR count). The molecule has 1 N–H and O–H groups in total. The molecule has 0 saturated heterocycles. The average Bonchev–Trinajstić information content (AvgIpc) is 2.37. The molecule has 6 heteroatoms. The lowest BCUT2D eigenvalue weighted by molar-refractivity contribution is 0.0696. The van der Waals surface area contributed by atoms with Crippen LogP contribution in [0.3, 0.4) is 0 Å². The van der Waals surface area contributed by atoms with Crippen molar-refractivity contribution in [3.05, 3.63) is 54.1 Å². The van der Waals surface area contributed by atoms with E-state index in [9.17, 15) is 18.3 Å². The van der Waals surface area contributed by atoms with Crippen molar-refractivity contribution in [2.24, 2.45) is 0 Å². The van der Waals surface area contributed by atoms with Crippen molar-refractivity contribution in [2.45, 2.75) is 0 Å².